The zero-order chi connectivity index (χ0) is 18.2. The number of aromatic nitrogens is 1. The van der Waals surface area contributed by atoms with E-state index in [1.807, 2.05) is 18.2 Å². The fourth-order valence-corrected chi connectivity index (χ4v) is 5.69. The van der Waals surface area contributed by atoms with E-state index in [2.05, 4.69) is 9.71 Å². The summed E-state index contributed by atoms with van der Waals surface area (Å²) in [6, 6.07) is 10.1. The van der Waals surface area contributed by atoms with Gasteiger partial charge in [0.1, 0.15) is 4.90 Å². The average Bonchev–Trinajstić information content (AvgIpc) is 2.93. The summed E-state index contributed by atoms with van der Waals surface area (Å²) in [6.45, 7) is 1.63. The molecule has 0 fully saturated rings. The van der Waals surface area contributed by atoms with Crippen molar-refractivity contribution < 1.29 is 8.42 Å². The number of halogens is 3. The van der Waals surface area contributed by atoms with Crippen molar-refractivity contribution in [3.63, 3.8) is 0 Å². The molecule has 0 aliphatic carbocycles. The van der Waals surface area contributed by atoms with Crippen LogP contribution in [0.5, 0.6) is 0 Å². The zero-order valence-electron chi connectivity index (χ0n) is 12.8. The minimum Gasteiger partial charge on any atom is -0.255 e. The van der Waals surface area contributed by atoms with Gasteiger partial charge in [-0.3, -0.25) is 4.72 Å². The summed E-state index contributed by atoms with van der Waals surface area (Å²) in [5.74, 6) is 0. The van der Waals surface area contributed by atoms with E-state index in [4.69, 9.17) is 34.8 Å². The Balaban J connectivity index is 1.94. The molecular weight excluding hydrogens is 423 g/mol. The van der Waals surface area contributed by atoms with Crippen LogP contribution in [0.15, 0.2) is 46.7 Å². The Morgan fingerprint density at radius 1 is 1.08 bits per heavy atom. The number of nitrogens with one attached hydrogen (secondary N) is 1. The van der Waals surface area contributed by atoms with Crippen molar-refractivity contribution in [1.29, 1.82) is 0 Å². The van der Waals surface area contributed by atoms with Gasteiger partial charge in [0.15, 0.2) is 5.13 Å². The predicted octanol–water partition coefficient (Wildman–Crippen LogP) is 5.88. The number of hydrogen-bond donors (Lipinski definition) is 1. The molecule has 0 saturated heterocycles. The zero-order valence-corrected chi connectivity index (χ0v) is 16.7. The van der Waals surface area contributed by atoms with Crippen molar-refractivity contribution in [2.24, 2.45) is 0 Å². The van der Waals surface area contributed by atoms with E-state index in [1.165, 1.54) is 6.07 Å². The molecule has 1 N–H and O–H groups in total. The van der Waals surface area contributed by atoms with Gasteiger partial charge in [-0.25, -0.2) is 13.4 Å². The van der Waals surface area contributed by atoms with Gasteiger partial charge in [-0.05, 0) is 30.7 Å². The van der Waals surface area contributed by atoms with Gasteiger partial charge in [-0.2, -0.15) is 0 Å². The van der Waals surface area contributed by atoms with Gasteiger partial charge in [0.05, 0.1) is 10.7 Å². The molecule has 1 aromatic heterocycles. The molecule has 1 heterocycles. The van der Waals surface area contributed by atoms with E-state index >= 15 is 0 Å². The Bertz CT molecular complexity index is 1030. The van der Waals surface area contributed by atoms with Gasteiger partial charge in [0.2, 0.25) is 0 Å². The van der Waals surface area contributed by atoms with Crippen molar-refractivity contribution in [2.45, 2.75) is 11.8 Å². The lowest BCUT2D eigenvalue weighted by atomic mass is 10.2. The predicted molar refractivity (Wildman–Crippen MR) is 105 cm³/mol. The molecule has 130 valence electrons. The molecule has 0 aliphatic rings. The molecule has 0 bridgehead atoms. The number of sulfonamides is 1. The lowest BCUT2D eigenvalue weighted by Crippen LogP contribution is -2.14. The van der Waals surface area contributed by atoms with Crippen LogP contribution in [0.2, 0.25) is 15.1 Å². The first-order valence-electron chi connectivity index (χ1n) is 6.97. The van der Waals surface area contributed by atoms with Gasteiger partial charge in [0, 0.05) is 21.0 Å². The summed E-state index contributed by atoms with van der Waals surface area (Å²) in [5, 5.41) is 2.92. The molecule has 0 spiro atoms. The van der Waals surface area contributed by atoms with Gasteiger partial charge in [0.25, 0.3) is 10.0 Å². The molecule has 0 saturated carbocycles. The Hall–Kier alpha value is -1.31. The molecule has 0 aliphatic heterocycles. The SMILES string of the molecule is Cc1cc(Cl)cc(Cl)c1S(=O)(=O)Nc1nc(-c2ccccc2Cl)cs1. The maximum atomic E-state index is 12.7. The van der Waals surface area contributed by atoms with Crippen LogP contribution < -0.4 is 4.72 Å². The normalized spacial score (nSPS) is 11.5. The molecule has 0 atom stereocenters. The number of nitrogens with zero attached hydrogens (tertiary/aromatic N) is 1. The third kappa shape index (κ3) is 3.93. The monoisotopic (exact) mass is 432 g/mol. The second kappa shape index (κ2) is 7.13. The highest BCUT2D eigenvalue weighted by molar-refractivity contribution is 7.93. The quantitative estimate of drug-likeness (QED) is 0.559. The van der Waals surface area contributed by atoms with Gasteiger partial charge in [-0.15, -0.1) is 11.3 Å². The molecule has 0 radical (unpaired) electrons. The lowest BCUT2D eigenvalue weighted by molar-refractivity contribution is 0.600. The highest BCUT2D eigenvalue weighted by atomic mass is 35.5. The largest absolute Gasteiger partial charge is 0.265 e. The van der Waals surface area contributed by atoms with Crippen molar-refractivity contribution in [1.82, 2.24) is 4.98 Å². The summed E-state index contributed by atoms with van der Waals surface area (Å²) in [6.07, 6.45) is 0. The van der Waals surface area contributed by atoms with Crippen molar-refractivity contribution in [3.05, 3.63) is 62.4 Å². The number of anilines is 1. The molecule has 3 rings (SSSR count). The highest BCUT2D eigenvalue weighted by Crippen LogP contribution is 2.33. The third-order valence-corrected chi connectivity index (χ3v) is 6.72. The summed E-state index contributed by atoms with van der Waals surface area (Å²) in [7, 11) is -3.90. The summed E-state index contributed by atoms with van der Waals surface area (Å²) >= 11 is 19.3. The minimum atomic E-state index is -3.90. The van der Waals surface area contributed by atoms with E-state index < -0.39 is 10.0 Å². The fraction of sp³-hybridized carbons (Fsp3) is 0.0625. The number of rotatable bonds is 4. The molecule has 2 aromatic carbocycles. The van der Waals surface area contributed by atoms with Crippen LogP contribution in [0.3, 0.4) is 0 Å². The molecule has 4 nitrogen and oxygen atoms in total. The Morgan fingerprint density at radius 3 is 2.48 bits per heavy atom. The van der Waals surface area contributed by atoms with Crippen LogP contribution in [0.25, 0.3) is 11.3 Å². The van der Waals surface area contributed by atoms with E-state index in [0.29, 0.717) is 21.3 Å². The molecule has 0 unspecified atom stereocenters. The standard InChI is InChI=1S/C16H11Cl3N2O2S2/c1-9-6-10(17)7-13(19)15(9)25(22,23)21-16-20-14(8-24-16)11-4-2-3-5-12(11)18/h2-8H,1H3,(H,20,21). The van der Waals surface area contributed by atoms with Gasteiger partial charge >= 0.3 is 0 Å². The average molecular weight is 434 g/mol. The molecule has 25 heavy (non-hydrogen) atoms. The number of aryl methyl sites for hydroxylation is 1. The van der Waals surface area contributed by atoms with Crippen LogP contribution in [-0.4, -0.2) is 13.4 Å². The van der Waals surface area contributed by atoms with E-state index in [9.17, 15) is 8.42 Å². The number of hydrogen-bond acceptors (Lipinski definition) is 4. The molecule has 0 amide bonds. The topological polar surface area (TPSA) is 59.1 Å². The molecule has 9 heteroatoms. The van der Waals surface area contributed by atoms with Crippen LogP contribution in [0.4, 0.5) is 5.13 Å². The van der Waals surface area contributed by atoms with Crippen molar-refractivity contribution in [3.8, 4) is 11.3 Å². The maximum absolute atomic E-state index is 12.7. The number of thiazole rings is 1. The van der Waals surface area contributed by atoms with Crippen LogP contribution in [0, 0.1) is 6.92 Å². The summed E-state index contributed by atoms with van der Waals surface area (Å²) in [4.78, 5) is 4.28. The van der Waals surface area contributed by atoms with Crippen LogP contribution in [-0.2, 0) is 10.0 Å². The van der Waals surface area contributed by atoms with E-state index in [-0.39, 0.29) is 15.0 Å². The Kier molecular flexibility index (Phi) is 5.27. The fourth-order valence-electron chi connectivity index (χ4n) is 2.31. The van der Waals surface area contributed by atoms with Crippen LogP contribution in [0.1, 0.15) is 5.56 Å². The Morgan fingerprint density at radius 2 is 1.80 bits per heavy atom. The Labute approximate surface area is 164 Å². The molecule has 3 aromatic rings. The van der Waals surface area contributed by atoms with Crippen LogP contribution >= 0.6 is 46.1 Å². The molecular formula is C16H11Cl3N2O2S2. The number of benzene rings is 2. The second-order valence-electron chi connectivity index (χ2n) is 5.16. The van der Waals surface area contributed by atoms with Gasteiger partial charge < -0.3 is 0 Å². The first-order chi connectivity index (χ1) is 11.8. The van der Waals surface area contributed by atoms with E-state index in [0.717, 1.165) is 16.9 Å². The smallest absolute Gasteiger partial charge is 0.255 e. The van der Waals surface area contributed by atoms with E-state index in [1.54, 1.807) is 24.4 Å². The summed E-state index contributed by atoms with van der Waals surface area (Å²) in [5.41, 5.74) is 1.77. The van der Waals surface area contributed by atoms with Gasteiger partial charge in [-0.1, -0.05) is 53.0 Å². The first kappa shape index (κ1) is 18.5. The lowest BCUT2D eigenvalue weighted by Gasteiger charge is -2.10. The van der Waals surface area contributed by atoms with Crippen molar-refractivity contribution in [2.75, 3.05) is 4.72 Å². The maximum Gasteiger partial charge on any atom is 0.265 e. The minimum absolute atomic E-state index is 0.0203. The highest BCUT2D eigenvalue weighted by Gasteiger charge is 2.23. The summed E-state index contributed by atoms with van der Waals surface area (Å²) < 4.78 is 27.8. The second-order valence-corrected chi connectivity index (χ2v) is 8.89. The third-order valence-electron chi connectivity index (χ3n) is 3.34. The van der Waals surface area contributed by atoms with Crippen molar-refractivity contribution >= 4 is 61.3 Å². The first-order valence-corrected chi connectivity index (χ1v) is 10.5.